The van der Waals surface area contributed by atoms with Crippen LogP contribution in [-0.4, -0.2) is 18.1 Å². The third kappa shape index (κ3) is 5.39. The van der Waals surface area contributed by atoms with Crippen LogP contribution in [0.2, 0.25) is 5.02 Å². The van der Waals surface area contributed by atoms with Crippen LogP contribution in [0.15, 0.2) is 96.1 Å². The van der Waals surface area contributed by atoms with Gasteiger partial charge in [0, 0.05) is 5.02 Å². The van der Waals surface area contributed by atoms with E-state index in [1.54, 1.807) is 48.5 Å². The summed E-state index contributed by atoms with van der Waals surface area (Å²) in [6.45, 7) is 0. The Morgan fingerprint density at radius 3 is 2.47 bits per heavy atom. The third-order valence-electron chi connectivity index (χ3n) is 4.78. The van der Waals surface area contributed by atoms with Crippen molar-refractivity contribution in [3.05, 3.63) is 113 Å². The van der Waals surface area contributed by atoms with E-state index in [1.165, 1.54) is 6.21 Å². The minimum Gasteiger partial charge on any atom is -0.423 e. The highest BCUT2D eigenvalue weighted by Crippen LogP contribution is 2.19. The van der Waals surface area contributed by atoms with E-state index in [-0.39, 0.29) is 12.3 Å². The topological polar surface area (TPSA) is 67.8 Å². The molecular formula is C26H19ClN2O3. The summed E-state index contributed by atoms with van der Waals surface area (Å²) < 4.78 is 5.34. The highest BCUT2D eigenvalue weighted by atomic mass is 35.5. The van der Waals surface area contributed by atoms with Crippen LogP contribution in [-0.2, 0) is 11.2 Å². The van der Waals surface area contributed by atoms with Gasteiger partial charge in [-0.3, -0.25) is 4.79 Å². The second-order valence-corrected chi connectivity index (χ2v) is 7.51. The van der Waals surface area contributed by atoms with Crippen molar-refractivity contribution in [3.63, 3.8) is 0 Å². The van der Waals surface area contributed by atoms with Gasteiger partial charge in [-0.15, -0.1) is 0 Å². The van der Waals surface area contributed by atoms with E-state index in [4.69, 9.17) is 16.3 Å². The van der Waals surface area contributed by atoms with Crippen LogP contribution in [0.25, 0.3) is 10.8 Å². The first-order valence-electron chi connectivity index (χ1n) is 9.95. The Morgan fingerprint density at radius 2 is 1.66 bits per heavy atom. The lowest BCUT2D eigenvalue weighted by molar-refractivity contribution is -0.120. The molecule has 5 nitrogen and oxygen atoms in total. The first-order valence-corrected chi connectivity index (χ1v) is 10.3. The average Bonchev–Trinajstić information content (AvgIpc) is 2.80. The molecule has 0 bridgehead atoms. The molecule has 1 amide bonds. The maximum Gasteiger partial charge on any atom is 0.343 e. The molecule has 0 aliphatic heterocycles. The molecule has 1 N–H and O–H groups in total. The SMILES string of the molecule is O=C(Cc1cccc2ccccc12)NN=Cc1ccc(OC(=O)c2cccc(Cl)c2)cc1. The van der Waals surface area contributed by atoms with Crippen molar-refractivity contribution in [1.29, 1.82) is 0 Å². The second-order valence-electron chi connectivity index (χ2n) is 7.08. The average molecular weight is 443 g/mol. The molecular weight excluding hydrogens is 424 g/mol. The first-order chi connectivity index (χ1) is 15.6. The molecule has 0 spiro atoms. The fraction of sp³-hybridized carbons (Fsp3) is 0.0385. The van der Waals surface area contributed by atoms with E-state index in [2.05, 4.69) is 10.5 Å². The Balaban J connectivity index is 1.32. The maximum atomic E-state index is 12.3. The van der Waals surface area contributed by atoms with Crippen molar-refractivity contribution < 1.29 is 14.3 Å². The molecule has 0 saturated heterocycles. The molecule has 0 aromatic heterocycles. The molecule has 0 radical (unpaired) electrons. The highest BCUT2D eigenvalue weighted by molar-refractivity contribution is 6.30. The van der Waals surface area contributed by atoms with Gasteiger partial charge >= 0.3 is 5.97 Å². The molecule has 0 unspecified atom stereocenters. The van der Waals surface area contributed by atoms with Crippen LogP contribution in [0.3, 0.4) is 0 Å². The number of benzene rings is 4. The lowest BCUT2D eigenvalue weighted by Gasteiger charge is -2.06. The van der Waals surface area contributed by atoms with Gasteiger partial charge in [-0.25, -0.2) is 10.2 Å². The molecule has 158 valence electrons. The van der Waals surface area contributed by atoms with Crippen molar-refractivity contribution in [2.24, 2.45) is 5.10 Å². The quantitative estimate of drug-likeness (QED) is 0.188. The van der Waals surface area contributed by atoms with Crippen molar-refractivity contribution in [1.82, 2.24) is 5.43 Å². The largest absolute Gasteiger partial charge is 0.423 e. The Labute approximate surface area is 190 Å². The molecule has 4 aromatic carbocycles. The normalized spacial score (nSPS) is 10.9. The van der Waals surface area contributed by atoms with E-state index in [9.17, 15) is 9.59 Å². The summed E-state index contributed by atoms with van der Waals surface area (Å²) in [5, 5.41) is 6.63. The predicted octanol–water partition coefficient (Wildman–Crippen LogP) is 5.41. The smallest absolute Gasteiger partial charge is 0.343 e. The number of nitrogens with zero attached hydrogens (tertiary/aromatic N) is 1. The zero-order chi connectivity index (χ0) is 22.3. The van der Waals surface area contributed by atoms with Gasteiger partial charge < -0.3 is 4.74 Å². The second kappa shape index (κ2) is 9.90. The van der Waals surface area contributed by atoms with Crippen LogP contribution in [0, 0.1) is 0 Å². The first kappa shape index (κ1) is 21.3. The van der Waals surface area contributed by atoms with E-state index in [1.807, 2.05) is 42.5 Å². The summed E-state index contributed by atoms with van der Waals surface area (Å²) in [5.74, 6) is -0.300. The Morgan fingerprint density at radius 1 is 0.906 bits per heavy atom. The summed E-state index contributed by atoms with van der Waals surface area (Å²) >= 11 is 5.90. The highest BCUT2D eigenvalue weighted by Gasteiger charge is 2.09. The fourth-order valence-electron chi connectivity index (χ4n) is 3.24. The number of ether oxygens (including phenoxy) is 1. The fourth-order valence-corrected chi connectivity index (χ4v) is 3.43. The summed E-state index contributed by atoms with van der Waals surface area (Å²) in [6, 6.07) is 27.2. The maximum absolute atomic E-state index is 12.3. The van der Waals surface area contributed by atoms with Crippen LogP contribution in [0.1, 0.15) is 21.5 Å². The van der Waals surface area contributed by atoms with E-state index in [0.717, 1.165) is 21.9 Å². The number of nitrogens with one attached hydrogen (secondary N) is 1. The van der Waals surface area contributed by atoms with Gasteiger partial charge in [0.05, 0.1) is 18.2 Å². The minimum atomic E-state index is -0.491. The molecule has 4 rings (SSSR count). The number of hydrazone groups is 1. The lowest BCUT2D eigenvalue weighted by atomic mass is 10.0. The van der Waals surface area contributed by atoms with Crippen LogP contribution < -0.4 is 10.2 Å². The van der Waals surface area contributed by atoms with E-state index >= 15 is 0 Å². The summed E-state index contributed by atoms with van der Waals surface area (Å²) in [5.41, 5.74) is 4.62. The number of amides is 1. The van der Waals surface area contributed by atoms with Gasteiger partial charge in [-0.1, -0.05) is 60.1 Å². The van der Waals surface area contributed by atoms with Crippen molar-refractivity contribution >= 4 is 40.5 Å². The number of carbonyl (C=O) groups excluding carboxylic acids is 2. The zero-order valence-corrected chi connectivity index (χ0v) is 17.8. The number of carbonyl (C=O) groups is 2. The third-order valence-corrected chi connectivity index (χ3v) is 5.02. The lowest BCUT2D eigenvalue weighted by Crippen LogP contribution is -2.19. The summed E-state index contributed by atoms with van der Waals surface area (Å²) in [4.78, 5) is 24.5. The molecule has 6 heteroatoms. The van der Waals surface area contributed by atoms with Crippen LogP contribution in [0.5, 0.6) is 5.75 Å². The van der Waals surface area contributed by atoms with Crippen molar-refractivity contribution in [2.45, 2.75) is 6.42 Å². The Hall–Kier alpha value is -3.96. The van der Waals surface area contributed by atoms with Crippen molar-refractivity contribution in [3.8, 4) is 5.75 Å². The van der Waals surface area contributed by atoms with E-state index in [0.29, 0.717) is 16.3 Å². The molecule has 0 aliphatic carbocycles. The predicted molar refractivity (Wildman–Crippen MR) is 126 cm³/mol. The van der Waals surface area contributed by atoms with Crippen LogP contribution in [0.4, 0.5) is 0 Å². The van der Waals surface area contributed by atoms with Gasteiger partial charge in [-0.2, -0.15) is 5.10 Å². The summed E-state index contributed by atoms with van der Waals surface area (Å²) in [6.07, 6.45) is 1.76. The minimum absolute atomic E-state index is 0.204. The van der Waals surface area contributed by atoms with Gasteiger partial charge in [0.15, 0.2) is 0 Å². The van der Waals surface area contributed by atoms with Crippen LogP contribution >= 0.6 is 11.6 Å². The van der Waals surface area contributed by atoms with Crippen molar-refractivity contribution in [2.75, 3.05) is 0 Å². The standard InChI is InChI=1S/C26H19ClN2O3/c27-22-9-4-8-21(15-22)26(31)32-23-13-11-18(12-14-23)17-28-29-25(30)16-20-7-3-6-19-5-1-2-10-24(19)20/h1-15,17H,16H2,(H,29,30). The molecule has 0 fully saturated rings. The Bertz CT molecular complexity index is 1290. The molecule has 32 heavy (non-hydrogen) atoms. The molecule has 0 aliphatic rings. The number of hydrogen-bond donors (Lipinski definition) is 1. The summed E-state index contributed by atoms with van der Waals surface area (Å²) in [7, 11) is 0. The Kier molecular flexibility index (Phi) is 6.58. The number of fused-ring (bicyclic) bond motifs is 1. The van der Waals surface area contributed by atoms with Gasteiger partial charge in [0.2, 0.25) is 5.91 Å². The monoisotopic (exact) mass is 442 g/mol. The zero-order valence-electron chi connectivity index (χ0n) is 17.0. The molecule has 0 atom stereocenters. The van der Waals surface area contributed by atoms with Gasteiger partial charge in [0.25, 0.3) is 0 Å². The van der Waals surface area contributed by atoms with Gasteiger partial charge in [-0.05, 0) is 64.4 Å². The van der Waals surface area contributed by atoms with E-state index < -0.39 is 5.97 Å². The number of halogens is 1. The number of hydrogen-bond acceptors (Lipinski definition) is 4. The number of esters is 1. The molecule has 0 heterocycles. The van der Waals surface area contributed by atoms with Gasteiger partial charge in [0.1, 0.15) is 5.75 Å². The molecule has 4 aromatic rings. The molecule has 0 saturated carbocycles. The number of rotatable bonds is 6.